The van der Waals surface area contributed by atoms with Crippen LogP contribution < -0.4 is 14.9 Å². The van der Waals surface area contributed by atoms with Crippen LogP contribution in [0.4, 0.5) is 5.69 Å². The summed E-state index contributed by atoms with van der Waals surface area (Å²) in [6.07, 6.45) is 1.08. The molecule has 0 fully saturated rings. The number of carbonyl (C=O) groups is 1. The van der Waals surface area contributed by atoms with E-state index in [1.807, 2.05) is 19.9 Å². The summed E-state index contributed by atoms with van der Waals surface area (Å²) < 4.78 is 10.3. The van der Waals surface area contributed by atoms with Crippen LogP contribution in [-0.2, 0) is 4.79 Å². The standard InChI is InChI=1S/C18H19N3O6/c1-11-4-12(2)6-15(5-11)27-10-17(22)20-19-9-13-7-14(21(24)25)8-16(26-3)18(13)23/h4-9,23H,10H2,1-3H3,(H,20,22). The molecule has 0 spiro atoms. The number of aryl methyl sites for hydroxylation is 2. The van der Waals surface area contributed by atoms with Gasteiger partial charge in [0.25, 0.3) is 11.6 Å². The molecule has 2 N–H and O–H groups in total. The van der Waals surface area contributed by atoms with Gasteiger partial charge in [-0.2, -0.15) is 5.10 Å². The van der Waals surface area contributed by atoms with Crippen LogP contribution in [0.15, 0.2) is 35.4 Å². The Morgan fingerprint density at radius 2 is 1.93 bits per heavy atom. The molecule has 2 rings (SSSR count). The number of nitro benzene ring substituents is 1. The molecule has 2 aromatic rings. The van der Waals surface area contributed by atoms with Gasteiger partial charge in [-0.1, -0.05) is 6.07 Å². The van der Waals surface area contributed by atoms with Crippen LogP contribution in [0.25, 0.3) is 0 Å². The molecule has 2 aromatic carbocycles. The van der Waals surface area contributed by atoms with Gasteiger partial charge < -0.3 is 14.6 Å². The highest BCUT2D eigenvalue weighted by Crippen LogP contribution is 2.33. The summed E-state index contributed by atoms with van der Waals surface area (Å²) in [5.74, 6) is -0.363. The van der Waals surface area contributed by atoms with Gasteiger partial charge in [0, 0.05) is 11.6 Å². The van der Waals surface area contributed by atoms with E-state index in [0.29, 0.717) is 5.75 Å². The van der Waals surface area contributed by atoms with Gasteiger partial charge in [-0.25, -0.2) is 5.43 Å². The van der Waals surface area contributed by atoms with Crippen molar-refractivity contribution < 1.29 is 24.3 Å². The highest BCUT2D eigenvalue weighted by molar-refractivity contribution is 5.87. The van der Waals surface area contributed by atoms with E-state index in [0.717, 1.165) is 29.5 Å². The van der Waals surface area contributed by atoms with Crippen molar-refractivity contribution in [1.82, 2.24) is 5.43 Å². The number of non-ortho nitro benzene ring substituents is 1. The van der Waals surface area contributed by atoms with Crippen LogP contribution in [0, 0.1) is 24.0 Å². The number of benzene rings is 2. The lowest BCUT2D eigenvalue weighted by Gasteiger charge is -2.07. The SMILES string of the molecule is COc1cc([N+](=O)[O-])cc(C=NNC(=O)COc2cc(C)cc(C)c2)c1O. The van der Waals surface area contributed by atoms with E-state index in [1.54, 1.807) is 12.1 Å². The van der Waals surface area contributed by atoms with Gasteiger partial charge in [0.2, 0.25) is 0 Å². The molecule has 0 aliphatic carbocycles. The molecule has 9 nitrogen and oxygen atoms in total. The van der Waals surface area contributed by atoms with Crippen LogP contribution in [-0.4, -0.2) is 35.9 Å². The van der Waals surface area contributed by atoms with Gasteiger partial charge in [-0.05, 0) is 37.1 Å². The fourth-order valence-corrected chi connectivity index (χ4v) is 2.34. The maximum absolute atomic E-state index is 11.8. The highest BCUT2D eigenvalue weighted by Gasteiger charge is 2.15. The molecule has 0 saturated heterocycles. The van der Waals surface area contributed by atoms with Gasteiger partial charge in [0.05, 0.1) is 24.3 Å². The Bertz CT molecular complexity index is 875. The first-order chi connectivity index (χ1) is 12.8. The molecule has 1 amide bonds. The molecule has 0 aliphatic rings. The zero-order valence-corrected chi connectivity index (χ0v) is 15.1. The van der Waals surface area contributed by atoms with Crippen LogP contribution in [0.2, 0.25) is 0 Å². The summed E-state index contributed by atoms with van der Waals surface area (Å²) in [5, 5.41) is 24.6. The molecular weight excluding hydrogens is 354 g/mol. The zero-order chi connectivity index (χ0) is 20.0. The molecule has 0 atom stereocenters. The van der Waals surface area contributed by atoms with E-state index >= 15 is 0 Å². The number of ether oxygens (including phenoxy) is 2. The zero-order valence-electron chi connectivity index (χ0n) is 15.1. The van der Waals surface area contributed by atoms with Gasteiger partial charge in [-0.3, -0.25) is 14.9 Å². The predicted octanol–water partition coefficient (Wildman–Crippen LogP) is 2.45. The number of phenols is 1. The Morgan fingerprint density at radius 1 is 1.26 bits per heavy atom. The Balaban J connectivity index is 2.01. The summed E-state index contributed by atoms with van der Waals surface area (Å²) in [6.45, 7) is 3.58. The number of carbonyl (C=O) groups excluding carboxylic acids is 1. The molecule has 27 heavy (non-hydrogen) atoms. The van der Waals surface area contributed by atoms with E-state index in [1.165, 1.54) is 7.11 Å². The van der Waals surface area contributed by atoms with Crippen molar-refractivity contribution in [2.45, 2.75) is 13.8 Å². The number of aromatic hydroxyl groups is 1. The van der Waals surface area contributed by atoms with Crippen molar-refractivity contribution in [2.24, 2.45) is 5.10 Å². The minimum absolute atomic E-state index is 0.0246. The van der Waals surface area contributed by atoms with Crippen LogP contribution >= 0.6 is 0 Å². The number of methoxy groups -OCH3 is 1. The lowest BCUT2D eigenvalue weighted by atomic mass is 10.1. The number of rotatable bonds is 7. The third-order valence-electron chi connectivity index (χ3n) is 3.48. The molecule has 0 saturated carbocycles. The van der Waals surface area contributed by atoms with E-state index in [2.05, 4.69) is 10.5 Å². The monoisotopic (exact) mass is 373 g/mol. The second-order valence-electron chi connectivity index (χ2n) is 5.75. The number of phenolic OH excluding ortho intramolecular Hbond substituents is 1. The molecule has 0 bridgehead atoms. The van der Waals surface area contributed by atoms with Gasteiger partial charge in [-0.15, -0.1) is 0 Å². The normalized spacial score (nSPS) is 10.6. The number of hydrogen-bond acceptors (Lipinski definition) is 7. The summed E-state index contributed by atoms with van der Waals surface area (Å²) in [4.78, 5) is 22.1. The fraction of sp³-hybridized carbons (Fsp3) is 0.222. The minimum atomic E-state index is -0.629. The van der Waals surface area contributed by atoms with Crippen molar-refractivity contribution in [2.75, 3.05) is 13.7 Å². The molecule has 0 heterocycles. The average molecular weight is 373 g/mol. The van der Waals surface area contributed by atoms with Gasteiger partial charge in [0.1, 0.15) is 5.75 Å². The third kappa shape index (κ3) is 5.43. The molecule has 0 aliphatic heterocycles. The molecule has 0 radical (unpaired) electrons. The number of hydrazone groups is 1. The van der Waals surface area contributed by atoms with Crippen LogP contribution in [0.3, 0.4) is 0 Å². The lowest BCUT2D eigenvalue weighted by molar-refractivity contribution is -0.385. The molecule has 0 aromatic heterocycles. The number of nitro groups is 1. The van der Waals surface area contributed by atoms with E-state index in [-0.39, 0.29) is 29.4 Å². The summed E-state index contributed by atoms with van der Waals surface area (Å²) in [7, 11) is 1.27. The quantitative estimate of drug-likeness (QED) is 0.436. The van der Waals surface area contributed by atoms with Crippen molar-refractivity contribution in [3.05, 3.63) is 57.1 Å². The number of hydrogen-bond donors (Lipinski definition) is 2. The first-order valence-corrected chi connectivity index (χ1v) is 7.88. The third-order valence-corrected chi connectivity index (χ3v) is 3.48. The minimum Gasteiger partial charge on any atom is -0.504 e. The summed E-state index contributed by atoms with van der Waals surface area (Å²) in [5.41, 5.74) is 4.00. The summed E-state index contributed by atoms with van der Waals surface area (Å²) >= 11 is 0. The Labute approximate surface area is 155 Å². The number of nitrogens with zero attached hydrogens (tertiary/aromatic N) is 2. The van der Waals surface area contributed by atoms with Gasteiger partial charge >= 0.3 is 0 Å². The topological polar surface area (TPSA) is 123 Å². The fourth-order valence-electron chi connectivity index (χ4n) is 2.34. The number of amides is 1. The van der Waals surface area contributed by atoms with Crippen LogP contribution in [0.1, 0.15) is 16.7 Å². The second-order valence-corrected chi connectivity index (χ2v) is 5.75. The van der Waals surface area contributed by atoms with E-state index < -0.39 is 10.8 Å². The predicted molar refractivity (Wildman–Crippen MR) is 98.5 cm³/mol. The lowest BCUT2D eigenvalue weighted by Crippen LogP contribution is -2.24. The first kappa shape index (κ1) is 19.7. The Kier molecular flexibility index (Phi) is 6.32. The molecule has 9 heteroatoms. The van der Waals surface area contributed by atoms with E-state index in [9.17, 15) is 20.0 Å². The molecule has 142 valence electrons. The smallest absolute Gasteiger partial charge is 0.277 e. The first-order valence-electron chi connectivity index (χ1n) is 7.88. The second kappa shape index (κ2) is 8.65. The van der Waals surface area contributed by atoms with Crippen LogP contribution in [0.5, 0.6) is 17.2 Å². The average Bonchev–Trinajstić information content (AvgIpc) is 2.60. The summed E-state index contributed by atoms with van der Waals surface area (Å²) in [6, 6.07) is 7.79. The van der Waals surface area contributed by atoms with Crippen molar-refractivity contribution in [3.63, 3.8) is 0 Å². The van der Waals surface area contributed by atoms with E-state index in [4.69, 9.17) is 9.47 Å². The molecule has 0 unspecified atom stereocenters. The van der Waals surface area contributed by atoms with Crippen molar-refractivity contribution in [1.29, 1.82) is 0 Å². The Morgan fingerprint density at radius 3 is 2.52 bits per heavy atom. The highest BCUT2D eigenvalue weighted by atomic mass is 16.6. The number of nitrogens with one attached hydrogen (secondary N) is 1. The maximum atomic E-state index is 11.8. The van der Waals surface area contributed by atoms with Crippen molar-refractivity contribution in [3.8, 4) is 17.2 Å². The van der Waals surface area contributed by atoms with Gasteiger partial charge in [0.15, 0.2) is 18.1 Å². The molecular formula is C18H19N3O6. The largest absolute Gasteiger partial charge is 0.504 e. The maximum Gasteiger partial charge on any atom is 0.277 e. The Hall–Kier alpha value is -3.62. The van der Waals surface area contributed by atoms with Crippen molar-refractivity contribution >= 4 is 17.8 Å².